The molecule has 0 aliphatic carbocycles. The van der Waals surface area contributed by atoms with Crippen molar-refractivity contribution in [2.75, 3.05) is 0 Å². The number of hydrogen-bond acceptors (Lipinski definition) is 1. The monoisotopic (exact) mass is 194 g/mol. The molecule has 0 radical (unpaired) electrons. The van der Waals surface area contributed by atoms with Gasteiger partial charge in [-0.3, -0.25) is 0 Å². The van der Waals surface area contributed by atoms with Crippen molar-refractivity contribution in [3.63, 3.8) is 0 Å². The van der Waals surface area contributed by atoms with Crippen molar-refractivity contribution >= 4 is 0 Å². The van der Waals surface area contributed by atoms with Gasteiger partial charge in [0, 0.05) is 6.20 Å². The Morgan fingerprint density at radius 1 is 1.14 bits per heavy atom. The van der Waals surface area contributed by atoms with E-state index in [1.165, 1.54) is 17.1 Å². The minimum absolute atomic E-state index is 0.0612. The van der Waals surface area contributed by atoms with Crippen LogP contribution in [-0.2, 0) is 0 Å². The van der Waals surface area contributed by atoms with Gasteiger partial charge in [-0.1, -0.05) is 18.2 Å². The van der Waals surface area contributed by atoms with E-state index in [1.54, 1.807) is 0 Å². The molecule has 4 heteroatoms. The van der Waals surface area contributed by atoms with E-state index in [-0.39, 0.29) is 5.56 Å². The second-order valence-electron chi connectivity index (χ2n) is 2.85. The molecule has 72 valence electrons. The lowest BCUT2D eigenvalue weighted by molar-refractivity contribution is 0.151. The van der Waals surface area contributed by atoms with Crippen LogP contribution in [0, 0.1) is 0 Å². The Morgan fingerprint density at radius 3 is 2.43 bits per heavy atom. The van der Waals surface area contributed by atoms with Gasteiger partial charge >= 0.3 is 0 Å². The molecule has 0 fully saturated rings. The molecule has 2 rings (SSSR count). The predicted octanol–water partition coefficient (Wildman–Crippen LogP) is 2.81. The Kier molecular flexibility index (Phi) is 2.26. The Hall–Kier alpha value is -1.71. The fourth-order valence-electron chi connectivity index (χ4n) is 1.17. The fourth-order valence-corrected chi connectivity index (χ4v) is 1.17. The zero-order chi connectivity index (χ0) is 9.97. The van der Waals surface area contributed by atoms with E-state index in [4.69, 9.17) is 0 Å². The first-order chi connectivity index (χ1) is 6.77. The minimum Gasteiger partial charge on any atom is -0.240 e. The molecule has 0 amide bonds. The van der Waals surface area contributed by atoms with Crippen LogP contribution in [0.4, 0.5) is 8.78 Å². The van der Waals surface area contributed by atoms with Crippen LogP contribution in [0.2, 0.25) is 0 Å². The van der Waals surface area contributed by atoms with E-state index >= 15 is 0 Å². The SMILES string of the molecule is FC(F)c1cnn(-c2ccccc2)c1. The number of para-hydroxylation sites is 1. The highest BCUT2D eigenvalue weighted by Gasteiger charge is 2.09. The lowest BCUT2D eigenvalue weighted by Crippen LogP contribution is -1.92. The van der Waals surface area contributed by atoms with E-state index in [0.29, 0.717) is 0 Å². The number of nitrogens with zero attached hydrogens (tertiary/aromatic N) is 2. The molecule has 0 spiro atoms. The average Bonchev–Trinajstić information content (AvgIpc) is 2.68. The highest BCUT2D eigenvalue weighted by Crippen LogP contribution is 2.18. The molecule has 0 atom stereocenters. The summed E-state index contributed by atoms with van der Waals surface area (Å²) in [6.07, 6.45) is 0.0463. The molecule has 0 bridgehead atoms. The van der Waals surface area contributed by atoms with Gasteiger partial charge < -0.3 is 0 Å². The third-order valence-electron chi connectivity index (χ3n) is 1.88. The van der Waals surface area contributed by atoms with Gasteiger partial charge in [-0.15, -0.1) is 0 Å². The van der Waals surface area contributed by atoms with Crippen LogP contribution in [0.15, 0.2) is 42.7 Å². The number of rotatable bonds is 2. The van der Waals surface area contributed by atoms with Crippen LogP contribution in [0.5, 0.6) is 0 Å². The predicted molar refractivity (Wildman–Crippen MR) is 48.5 cm³/mol. The fraction of sp³-hybridized carbons (Fsp3) is 0.100. The minimum atomic E-state index is -2.47. The summed E-state index contributed by atoms with van der Waals surface area (Å²) in [5.41, 5.74) is 0.716. The zero-order valence-corrected chi connectivity index (χ0v) is 7.27. The number of benzene rings is 1. The molecule has 1 aromatic carbocycles. The maximum absolute atomic E-state index is 12.2. The molecule has 14 heavy (non-hydrogen) atoms. The lowest BCUT2D eigenvalue weighted by atomic mass is 10.3. The first-order valence-corrected chi connectivity index (χ1v) is 4.15. The molecule has 0 N–H and O–H groups in total. The second kappa shape index (κ2) is 3.57. The molecular formula is C10H8F2N2. The maximum Gasteiger partial charge on any atom is 0.266 e. The van der Waals surface area contributed by atoms with Gasteiger partial charge in [-0.05, 0) is 12.1 Å². The summed E-state index contributed by atoms with van der Waals surface area (Å²) >= 11 is 0. The quantitative estimate of drug-likeness (QED) is 0.718. The summed E-state index contributed by atoms with van der Waals surface area (Å²) in [5.74, 6) is 0. The topological polar surface area (TPSA) is 17.8 Å². The summed E-state index contributed by atoms with van der Waals surface area (Å²) in [4.78, 5) is 0. The van der Waals surface area contributed by atoms with Gasteiger partial charge in [-0.25, -0.2) is 13.5 Å². The molecule has 1 heterocycles. The molecule has 0 saturated heterocycles. The van der Waals surface area contributed by atoms with Crippen LogP contribution in [0.3, 0.4) is 0 Å². The summed E-state index contributed by atoms with van der Waals surface area (Å²) < 4.78 is 25.9. The molecule has 1 aromatic heterocycles. The summed E-state index contributed by atoms with van der Waals surface area (Å²) in [5, 5.41) is 3.84. The van der Waals surface area contributed by atoms with Crippen molar-refractivity contribution in [1.82, 2.24) is 9.78 Å². The maximum atomic E-state index is 12.2. The summed E-state index contributed by atoms with van der Waals surface area (Å²) in [7, 11) is 0. The Morgan fingerprint density at radius 2 is 1.86 bits per heavy atom. The summed E-state index contributed by atoms with van der Waals surface area (Å²) in [6.45, 7) is 0. The molecule has 2 aromatic rings. The van der Waals surface area contributed by atoms with Crippen LogP contribution in [0.1, 0.15) is 12.0 Å². The Labute approximate surface area is 79.8 Å². The molecule has 0 aliphatic heterocycles. The summed E-state index contributed by atoms with van der Waals surface area (Å²) in [6, 6.07) is 9.14. The van der Waals surface area contributed by atoms with E-state index < -0.39 is 6.43 Å². The lowest BCUT2D eigenvalue weighted by Gasteiger charge is -1.98. The van der Waals surface area contributed by atoms with Crippen molar-refractivity contribution < 1.29 is 8.78 Å². The van der Waals surface area contributed by atoms with Crippen LogP contribution in [-0.4, -0.2) is 9.78 Å². The van der Waals surface area contributed by atoms with E-state index in [9.17, 15) is 8.78 Å². The van der Waals surface area contributed by atoms with Gasteiger partial charge in [0.05, 0.1) is 17.4 Å². The molecule has 0 unspecified atom stereocenters. The number of alkyl halides is 2. The van der Waals surface area contributed by atoms with Gasteiger partial charge in [0.25, 0.3) is 6.43 Å². The van der Waals surface area contributed by atoms with Gasteiger partial charge in [0.1, 0.15) is 0 Å². The van der Waals surface area contributed by atoms with Crippen molar-refractivity contribution in [3.05, 3.63) is 48.3 Å². The Balaban J connectivity index is 2.34. The number of aromatic nitrogens is 2. The first-order valence-electron chi connectivity index (χ1n) is 4.15. The third kappa shape index (κ3) is 1.64. The van der Waals surface area contributed by atoms with Crippen molar-refractivity contribution in [2.45, 2.75) is 6.43 Å². The van der Waals surface area contributed by atoms with Gasteiger partial charge in [-0.2, -0.15) is 5.10 Å². The van der Waals surface area contributed by atoms with Gasteiger partial charge in [0.15, 0.2) is 0 Å². The normalized spacial score (nSPS) is 10.8. The highest BCUT2D eigenvalue weighted by molar-refractivity contribution is 5.30. The Bertz CT molecular complexity index is 409. The van der Waals surface area contributed by atoms with Crippen molar-refractivity contribution in [1.29, 1.82) is 0 Å². The van der Waals surface area contributed by atoms with Crippen LogP contribution >= 0.6 is 0 Å². The largest absolute Gasteiger partial charge is 0.266 e. The highest BCUT2D eigenvalue weighted by atomic mass is 19.3. The average molecular weight is 194 g/mol. The number of halogens is 2. The van der Waals surface area contributed by atoms with E-state index in [1.807, 2.05) is 30.3 Å². The molecule has 0 saturated carbocycles. The van der Waals surface area contributed by atoms with E-state index in [0.717, 1.165) is 5.69 Å². The smallest absolute Gasteiger partial charge is 0.240 e. The molecule has 2 nitrogen and oxygen atoms in total. The molecular weight excluding hydrogens is 186 g/mol. The van der Waals surface area contributed by atoms with Crippen LogP contribution in [0.25, 0.3) is 5.69 Å². The van der Waals surface area contributed by atoms with Crippen molar-refractivity contribution in [2.24, 2.45) is 0 Å². The van der Waals surface area contributed by atoms with E-state index in [2.05, 4.69) is 5.10 Å². The number of hydrogen-bond donors (Lipinski definition) is 0. The molecule has 0 aliphatic rings. The standard InChI is InChI=1S/C10H8F2N2/c11-10(12)8-6-13-14(7-8)9-4-2-1-3-5-9/h1-7,10H. The van der Waals surface area contributed by atoms with Crippen LogP contribution < -0.4 is 0 Å². The second-order valence-corrected chi connectivity index (χ2v) is 2.85. The third-order valence-corrected chi connectivity index (χ3v) is 1.88. The zero-order valence-electron chi connectivity index (χ0n) is 7.27. The van der Waals surface area contributed by atoms with Crippen molar-refractivity contribution in [3.8, 4) is 5.69 Å². The van der Waals surface area contributed by atoms with Gasteiger partial charge in [0.2, 0.25) is 0 Å². The first kappa shape index (κ1) is 8.87.